The fraction of sp³-hybridized carbons (Fsp3) is 0.333. The zero-order valence-electron chi connectivity index (χ0n) is 9.65. The molecule has 0 saturated heterocycles. The summed E-state index contributed by atoms with van der Waals surface area (Å²) < 4.78 is 9.98. The third-order valence-electron chi connectivity index (χ3n) is 2.57. The largest absolute Gasteiger partial charge is 0.464 e. The maximum absolute atomic E-state index is 11.8. The number of nitrogens with one attached hydrogen (secondary N) is 1. The monoisotopic (exact) mass is 235 g/mol. The van der Waals surface area contributed by atoms with Crippen molar-refractivity contribution in [1.29, 1.82) is 0 Å². The molecule has 0 fully saturated rings. The molecule has 0 spiro atoms. The van der Waals surface area contributed by atoms with Crippen LogP contribution in [-0.2, 0) is 14.3 Å². The van der Waals surface area contributed by atoms with Crippen LogP contribution in [-0.4, -0.2) is 24.1 Å². The molecule has 1 aliphatic rings. The van der Waals surface area contributed by atoms with Crippen LogP contribution in [0, 0.1) is 0 Å². The average molecular weight is 235 g/mol. The van der Waals surface area contributed by atoms with E-state index in [-0.39, 0.29) is 6.61 Å². The average Bonchev–Trinajstić information content (AvgIpc) is 2.31. The van der Waals surface area contributed by atoms with Gasteiger partial charge in [-0.15, -0.1) is 0 Å². The number of carbonyl (C=O) groups is 2. The van der Waals surface area contributed by atoms with Gasteiger partial charge in [-0.2, -0.15) is 0 Å². The Kier molecular flexibility index (Phi) is 2.75. The van der Waals surface area contributed by atoms with Crippen LogP contribution in [0.1, 0.15) is 13.8 Å². The van der Waals surface area contributed by atoms with Crippen molar-refractivity contribution in [2.75, 3.05) is 11.9 Å². The Labute approximate surface area is 98.7 Å². The van der Waals surface area contributed by atoms with E-state index < -0.39 is 17.5 Å². The lowest BCUT2D eigenvalue weighted by molar-refractivity contribution is -0.157. The quantitative estimate of drug-likeness (QED) is 0.476. The Hall–Kier alpha value is -2.04. The summed E-state index contributed by atoms with van der Waals surface area (Å²) in [6.07, 6.45) is 0. The highest BCUT2D eigenvalue weighted by molar-refractivity contribution is 6.10. The van der Waals surface area contributed by atoms with E-state index in [0.29, 0.717) is 11.4 Å². The molecule has 0 saturated carbocycles. The van der Waals surface area contributed by atoms with Crippen molar-refractivity contribution in [1.82, 2.24) is 0 Å². The molecule has 0 bridgehead atoms. The molecule has 0 aliphatic carbocycles. The molecule has 1 heterocycles. The molecular weight excluding hydrogens is 222 g/mol. The topological polar surface area (TPSA) is 64.6 Å². The molecule has 1 aromatic rings. The van der Waals surface area contributed by atoms with Crippen LogP contribution in [0.15, 0.2) is 24.3 Å². The summed E-state index contributed by atoms with van der Waals surface area (Å²) in [6.45, 7) is 3.34. The Bertz CT molecular complexity index is 471. The second kappa shape index (κ2) is 4.08. The first-order chi connectivity index (χ1) is 8.08. The number of para-hydroxylation sites is 2. The Balaban J connectivity index is 2.34. The fourth-order valence-corrected chi connectivity index (χ4v) is 1.59. The van der Waals surface area contributed by atoms with Gasteiger partial charge in [0.25, 0.3) is 0 Å². The molecule has 0 amide bonds. The van der Waals surface area contributed by atoms with Crippen LogP contribution >= 0.6 is 0 Å². The van der Waals surface area contributed by atoms with Gasteiger partial charge in [-0.25, -0.2) is 9.59 Å². The van der Waals surface area contributed by atoms with Gasteiger partial charge in [0.2, 0.25) is 5.54 Å². The van der Waals surface area contributed by atoms with Crippen molar-refractivity contribution in [3.63, 3.8) is 0 Å². The minimum absolute atomic E-state index is 0.213. The van der Waals surface area contributed by atoms with E-state index in [9.17, 15) is 9.59 Å². The van der Waals surface area contributed by atoms with Gasteiger partial charge in [0, 0.05) is 0 Å². The molecule has 0 unspecified atom stereocenters. The van der Waals surface area contributed by atoms with Gasteiger partial charge in [0.1, 0.15) is 0 Å². The molecule has 2 rings (SSSR count). The summed E-state index contributed by atoms with van der Waals surface area (Å²) in [7, 11) is 0. The van der Waals surface area contributed by atoms with E-state index in [1.54, 1.807) is 31.2 Å². The molecule has 5 heteroatoms. The first-order valence-corrected chi connectivity index (χ1v) is 5.34. The number of benzene rings is 1. The Morgan fingerprint density at radius 1 is 1.47 bits per heavy atom. The van der Waals surface area contributed by atoms with Crippen molar-refractivity contribution < 1.29 is 19.1 Å². The lowest BCUT2D eigenvalue weighted by atomic mass is 10.0. The van der Waals surface area contributed by atoms with Crippen LogP contribution in [0.4, 0.5) is 5.69 Å². The van der Waals surface area contributed by atoms with E-state index >= 15 is 0 Å². The number of ether oxygens (including phenoxy) is 2. The van der Waals surface area contributed by atoms with Crippen molar-refractivity contribution in [2.24, 2.45) is 0 Å². The van der Waals surface area contributed by atoms with Gasteiger partial charge >= 0.3 is 11.9 Å². The fourth-order valence-electron chi connectivity index (χ4n) is 1.59. The normalized spacial score (nSPS) is 22.1. The number of rotatable bonds is 2. The molecule has 1 atom stereocenters. The van der Waals surface area contributed by atoms with Crippen molar-refractivity contribution in [3.05, 3.63) is 24.3 Å². The second-order valence-electron chi connectivity index (χ2n) is 3.86. The first-order valence-electron chi connectivity index (χ1n) is 5.34. The van der Waals surface area contributed by atoms with Crippen molar-refractivity contribution in [2.45, 2.75) is 19.4 Å². The lowest BCUT2D eigenvalue weighted by Crippen LogP contribution is -2.55. The molecular formula is C12H13NO4. The molecule has 1 N–H and O–H groups in total. The third-order valence-corrected chi connectivity index (χ3v) is 2.57. The minimum atomic E-state index is -1.48. The smallest absolute Gasteiger partial charge is 0.348 e. The third kappa shape index (κ3) is 1.84. The maximum Gasteiger partial charge on any atom is 0.348 e. The van der Waals surface area contributed by atoms with Gasteiger partial charge < -0.3 is 14.8 Å². The standard InChI is InChI=1S/C12H13NO4/c1-3-16-10(14)12(2)11(15)17-9-7-5-4-6-8(9)13-12/h4-7,13H,3H2,1-2H3/t12-/m1/s1. The highest BCUT2D eigenvalue weighted by atomic mass is 16.6. The van der Waals surface area contributed by atoms with Gasteiger partial charge in [-0.1, -0.05) is 12.1 Å². The number of hydrogen-bond acceptors (Lipinski definition) is 5. The zero-order valence-corrected chi connectivity index (χ0v) is 9.65. The second-order valence-corrected chi connectivity index (χ2v) is 3.86. The highest BCUT2D eigenvalue weighted by Gasteiger charge is 2.48. The van der Waals surface area contributed by atoms with E-state index in [2.05, 4.69) is 5.32 Å². The molecule has 90 valence electrons. The van der Waals surface area contributed by atoms with Crippen molar-refractivity contribution in [3.8, 4) is 5.75 Å². The molecule has 5 nitrogen and oxygen atoms in total. The Morgan fingerprint density at radius 3 is 2.88 bits per heavy atom. The summed E-state index contributed by atoms with van der Waals surface area (Å²) in [6, 6.07) is 6.93. The van der Waals surface area contributed by atoms with Gasteiger partial charge in [-0.3, -0.25) is 0 Å². The number of hydrogen-bond donors (Lipinski definition) is 1. The number of esters is 2. The number of fused-ring (bicyclic) bond motifs is 1. The van der Waals surface area contributed by atoms with Crippen molar-refractivity contribution >= 4 is 17.6 Å². The van der Waals surface area contributed by atoms with Gasteiger partial charge in [-0.05, 0) is 26.0 Å². The maximum atomic E-state index is 11.8. The summed E-state index contributed by atoms with van der Waals surface area (Å²) in [5, 5.41) is 2.86. The zero-order chi connectivity index (χ0) is 12.5. The summed E-state index contributed by atoms with van der Waals surface area (Å²) in [4.78, 5) is 23.6. The van der Waals surface area contributed by atoms with Crippen LogP contribution in [0.5, 0.6) is 5.75 Å². The van der Waals surface area contributed by atoms with Gasteiger partial charge in [0.15, 0.2) is 5.75 Å². The van der Waals surface area contributed by atoms with E-state index in [0.717, 1.165) is 0 Å². The first kappa shape index (κ1) is 11.4. The predicted molar refractivity (Wildman–Crippen MR) is 60.7 cm³/mol. The van der Waals surface area contributed by atoms with E-state index in [1.807, 2.05) is 0 Å². The molecule has 0 radical (unpaired) electrons. The Morgan fingerprint density at radius 2 is 2.18 bits per heavy atom. The molecule has 17 heavy (non-hydrogen) atoms. The molecule has 1 aliphatic heterocycles. The van der Waals surface area contributed by atoms with E-state index in [1.165, 1.54) is 6.92 Å². The summed E-state index contributed by atoms with van der Waals surface area (Å²) in [5.41, 5.74) is -0.882. The molecule has 1 aromatic carbocycles. The van der Waals surface area contributed by atoms with Crippen LogP contribution in [0.3, 0.4) is 0 Å². The number of anilines is 1. The number of carbonyl (C=O) groups excluding carboxylic acids is 2. The summed E-state index contributed by atoms with van der Waals surface area (Å²) in [5.74, 6) is -0.881. The highest BCUT2D eigenvalue weighted by Crippen LogP contribution is 2.33. The molecule has 0 aromatic heterocycles. The predicted octanol–water partition coefficient (Wildman–Crippen LogP) is 1.34. The van der Waals surface area contributed by atoms with Crippen LogP contribution < -0.4 is 10.1 Å². The van der Waals surface area contributed by atoms with E-state index in [4.69, 9.17) is 9.47 Å². The van der Waals surface area contributed by atoms with Gasteiger partial charge in [0.05, 0.1) is 12.3 Å². The van der Waals surface area contributed by atoms with Crippen LogP contribution in [0.2, 0.25) is 0 Å². The summed E-state index contributed by atoms with van der Waals surface area (Å²) >= 11 is 0. The lowest BCUT2D eigenvalue weighted by Gasteiger charge is -2.32. The van der Waals surface area contributed by atoms with Crippen LogP contribution in [0.25, 0.3) is 0 Å². The minimum Gasteiger partial charge on any atom is -0.464 e. The SMILES string of the molecule is CCOC(=O)[C@@]1(C)Nc2ccccc2OC1=O.